The molecule has 0 saturated heterocycles. The van der Waals surface area contributed by atoms with Gasteiger partial charge in [0.05, 0.1) is 7.11 Å². The summed E-state index contributed by atoms with van der Waals surface area (Å²) in [6.07, 6.45) is 5.15. The molecule has 1 aromatic carbocycles. The van der Waals surface area contributed by atoms with Crippen LogP contribution in [0.4, 0.5) is 0 Å². The summed E-state index contributed by atoms with van der Waals surface area (Å²) < 4.78 is 6.33. The molecule has 0 spiro atoms. The Labute approximate surface area is 128 Å². The molecule has 2 rings (SSSR count). The molecular weight excluding hydrogens is 282 g/mol. The number of carbonyl (C=O) groups is 1. The van der Waals surface area contributed by atoms with E-state index in [1.807, 2.05) is 30.3 Å². The number of pyridine rings is 1. The SMILES string of the molecule is COc1cccc(/C=C/c2ccn(C(C)C(=O)O)c(=O)c2)c1. The summed E-state index contributed by atoms with van der Waals surface area (Å²) in [5.74, 6) is -0.283. The molecule has 0 aliphatic rings. The van der Waals surface area contributed by atoms with Crippen molar-refractivity contribution in [3.63, 3.8) is 0 Å². The summed E-state index contributed by atoms with van der Waals surface area (Å²) in [5.41, 5.74) is 1.31. The predicted octanol–water partition coefficient (Wildman–Crippen LogP) is 2.67. The molecule has 22 heavy (non-hydrogen) atoms. The maximum atomic E-state index is 11.9. The maximum Gasteiger partial charge on any atom is 0.326 e. The van der Waals surface area contributed by atoms with Crippen LogP contribution in [-0.2, 0) is 4.79 Å². The highest BCUT2D eigenvalue weighted by molar-refractivity contribution is 5.72. The zero-order chi connectivity index (χ0) is 16.1. The van der Waals surface area contributed by atoms with Gasteiger partial charge in [-0.05, 0) is 36.2 Å². The molecule has 1 unspecified atom stereocenters. The van der Waals surface area contributed by atoms with Crippen molar-refractivity contribution in [2.75, 3.05) is 7.11 Å². The topological polar surface area (TPSA) is 68.5 Å². The highest BCUT2D eigenvalue weighted by Gasteiger charge is 2.13. The molecular formula is C17H17NO4. The number of carboxylic acid groups (broad SMARTS) is 1. The number of hydrogen-bond donors (Lipinski definition) is 1. The Bertz CT molecular complexity index is 761. The number of benzene rings is 1. The summed E-state index contributed by atoms with van der Waals surface area (Å²) >= 11 is 0. The second-order valence-corrected chi connectivity index (χ2v) is 4.83. The van der Waals surface area contributed by atoms with Gasteiger partial charge in [-0.3, -0.25) is 4.79 Å². The van der Waals surface area contributed by atoms with Crippen molar-refractivity contribution in [2.45, 2.75) is 13.0 Å². The van der Waals surface area contributed by atoms with Gasteiger partial charge >= 0.3 is 5.97 Å². The Morgan fingerprint density at radius 2 is 1.91 bits per heavy atom. The number of aliphatic carboxylic acids is 1. The van der Waals surface area contributed by atoms with Crippen molar-refractivity contribution in [1.29, 1.82) is 0 Å². The van der Waals surface area contributed by atoms with E-state index in [1.165, 1.54) is 23.8 Å². The van der Waals surface area contributed by atoms with Gasteiger partial charge in [0.25, 0.3) is 5.56 Å². The summed E-state index contributed by atoms with van der Waals surface area (Å²) in [4.78, 5) is 22.9. The van der Waals surface area contributed by atoms with Gasteiger partial charge in [0.1, 0.15) is 11.8 Å². The lowest BCUT2D eigenvalue weighted by Gasteiger charge is -2.10. The Kier molecular flexibility index (Phi) is 4.78. The standard InChI is InChI=1S/C17H17NO4/c1-12(17(20)21)18-9-8-14(11-16(18)19)7-6-13-4-3-5-15(10-13)22-2/h3-12H,1-2H3,(H,20,21)/b7-6+. The fourth-order valence-electron chi connectivity index (χ4n) is 1.99. The van der Waals surface area contributed by atoms with Crippen molar-refractivity contribution < 1.29 is 14.6 Å². The van der Waals surface area contributed by atoms with Crippen LogP contribution in [0.15, 0.2) is 47.4 Å². The van der Waals surface area contributed by atoms with Crippen molar-refractivity contribution in [2.24, 2.45) is 0 Å². The van der Waals surface area contributed by atoms with E-state index >= 15 is 0 Å². The molecule has 0 aliphatic heterocycles. The van der Waals surface area contributed by atoms with E-state index < -0.39 is 12.0 Å². The molecule has 0 bridgehead atoms. The number of methoxy groups -OCH3 is 1. The first-order valence-electron chi connectivity index (χ1n) is 6.78. The second kappa shape index (κ2) is 6.76. The molecule has 0 fully saturated rings. The second-order valence-electron chi connectivity index (χ2n) is 4.83. The minimum atomic E-state index is -1.04. The van der Waals surface area contributed by atoms with Crippen LogP contribution in [0.1, 0.15) is 24.1 Å². The highest BCUT2D eigenvalue weighted by atomic mass is 16.5. The lowest BCUT2D eigenvalue weighted by atomic mass is 10.1. The number of rotatable bonds is 5. The van der Waals surface area contributed by atoms with Gasteiger partial charge in [0, 0.05) is 12.3 Å². The van der Waals surface area contributed by atoms with Crippen molar-refractivity contribution in [3.8, 4) is 5.75 Å². The average Bonchev–Trinajstić information content (AvgIpc) is 2.52. The Hall–Kier alpha value is -2.82. The third-order valence-corrected chi connectivity index (χ3v) is 3.31. The summed E-state index contributed by atoms with van der Waals surface area (Å²) in [5, 5.41) is 8.95. The summed E-state index contributed by atoms with van der Waals surface area (Å²) in [6, 6.07) is 9.77. The molecule has 1 atom stereocenters. The van der Waals surface area contributed by atoms with E-state index in [4.69, 9.17) is 9.84 Å². The van der Waals surface area contributed by atoms with E-state index in [0.29, 0.717) is 5.56 Å². The first-order chi connectivity index (χ1) is 10.5. The quantitative estimate of drug-likeness (QED) is 0.921. The molecule has 114 valence electrons. The zero-order valence-electron chi connectivity index (χ0n) is 12.4. The minimum Gasteiger partial charge on any atom is -0.497 e. The summed E-state index contributed by atoms with van der Waals surface area (Å²) in [6.45, 7) is 1.47. The lowest BCUT2D eigenvalue weighted by molar-refractivity contribution is -0.140. The monoisotopic (exact) mass is 299 g/mol. The van der Waals surface area contributed by atoms with Crippen LogP contribution in [0.2, 0.25) is 0 Å². The first-order valence-corrected chi connectivity index (χ1v) is 6.78. The Balaban J connectivity index is 2.23. The maximum absolute atomic E-state index is 11.9. The lowest BCUT2D eigenvalue weighted by Crippen LogP contribution is -2.26. The number of nitrogens with zero attached hydrogens (tertiary/aromatic N) is 1. The van der Waals surface area contributed by atoms with Gasteiger partial charge in [0.15, 0.2) is 0 Å². The van der Waals surface area contributed by atoms with Crippen LogP contribution in [0, 0.1) is 0 Å². The number of aromatic nitrogens is 1. The van der Waals surface area contributed by atoms with Crippen LogP contribution < -0.4 is 10.3 Å². The van der Waals surface area contributed by atoms with Gasteiger partial charge < -0.3 is 14.4 Å². The van der Waals surface area contributed by atoms with Gasteiger partial charge in [-0.25, -0.2) is 4.79 Å². The fourth-order valence-corrected chi connectivity index (χ4v) is 1.99. The molecule has 5 heteroatoms. The van der Waals surface area contributed by atoms with E-state index in [0.717, 1.165) is 11.3 Å². The van der Waals surface area contributed by atoms with Crippen LogP contribution >= 0.6 is 0 Å². The van der Waals surface area contributed by atoms with Gasteiger partial charge in [0.2, 0.25) is 0 Å². The molecule has 1 heterocycles. The van der Waals surface area contributed by atoms with E-state index in [-0.39, 0.29) is 5.56 Å². The van der Waals surface area contributed by atoms with Crippen molar-refractivity contribution >= 4 is 18.1 Å². The third kappa shape index (κ3) is 3.63. The van der Waals surface area contributed by atoms with Gasteiger partial charge in [-0.1, -0.05) is 24.3 Å². The van der Waals surface area contributed by atoms with Gasteiger partial charge in [-0.2, -0.15) is 0 Å². The number of hydrogen-bond acceptors (Lipinski definition) is 3. The molecule has 1 aromatic heterocycles. The summed E-state index contributed by atoms with van der Waals surface area (Å²) in [7, 11) is 1.60. The third-order valence-electron chi connectivity index (χ3n) is 3.31. The molecule has 0 amide bonds. The molecule has 0 aliphatic carbocycles. The Morgan fingerprint density at radius 1 is 1.23 bits per heavy atom. The van der Waals surface area contributed by atoms with Crippen LogP contribution in [0.5, 0.6) is 5.75 Å². The fraction of sp³-hybridized carbons (Fsp3) is 0.176. The number of ether oxygens (including phenoxy) is 1. The zero-order valence-corrected chi connectivity index (χ0v) is 12.4. The van der Waals surface area contributed by atoms with E-state index in [1.54, 1.807) is 19.3 Å². The van der Waals surface area contributed by atoms with E-state index in [9.17, 15) is 9.59 Å². The highest BCUT2D eigenvalue weighted by Crippen LogP contribution is 2.15. The van der Waals surface area contributed by atoms with Crippen LogP contribution in [0.25, 0.3) is 12.2 Å². The van der Waals surface area contributed by atoms with Crippen molar-refractivity contribution in [1.82, 2.24) is 4.57 Å². The normalized spacial score (nSPS) is 12.3. The Morgan fingerprint density at radius 3 is 2.50 bits per heavy atom. The molecule has 0 radical (unpaired) electrons. The molecule has 1 N–H and O–H groups in total. The van der Waals surface area contributed by atoms with Crippen LogP contribution in [-0.4, -0.2) is 22.8 Å². The first kappa shape index (κ1) is 15.6. The predicted molar refractivity (Wildman–Crippen MR) is 85.0 cm³/mol. The molecule has 5 nitrogen and oxygen atoms in total. The largest absolute Gasteiger partial charge is 0.497 e. The molecule has 0 saturated carbocycles. The van der Waals surface area contributed by atoms with Crippen LogP contribution in [0.3, 0.4) is 0 Å². The van der Waals surface area contributed by atoms with E-state index in [2.05, 4.69) is 0 Å². The average molecular weight is 299 g/mol. The van der Waals surface area contributed by atoms with Gasteiger partial charge in [-0.15, -0.1) is 0 Å². The smallest absolute Gasteiger partial charge is 0.326 e. The minimum absolute atomic E-state index is 0.345. The molecule has 2 aromatic rings. The van der Waals surface area contributed by atoms with Crippen molar-refractivity contribution in [3.05, 3.63) is 64.1 Å². The number of carboxylic acids is 1.